The van der Waals surface area contributed by atoms with Crippen molar-refractivity contribution in [2.24, 2.45) is 0 Å². The predicted molar refractivity (Wildman–Crippen MR) is 139 cm³/mol. The van der Waals surface area contributed by atoms with Crippen LogP contribution >= 0.6 is 0 Å². The number of aryl methyl sites for hydroxylation is 1. The van der Waals surface area contributed by atoms with E-state index in [1.54, 1.807) is 10.7 Å². The van der Waals surface area contributed by atoms with Gasteiger partial charge in [-0.2, -0.15) is 4.98 Å². The number of rotatable bonds is 9. The van der Waals surface area contributed by atoms with Gasteiger partial charge in [0.15, 0.2) is 11.5 Å². The van der Waals surface area contributed by atoms with Crippen molar-refractivity contribution in [1.29, 1.82) is 0 Å². The zero-order valence-electron chi connectivity index (χ0n) is 21.9. The fourth-order valence-corrected chi connectivity index (χ4v) is 4.54. The van der Waals surface area contributed by atoms with Crippen LogP contribution < -0.4 is 15.4 Å². The first-order valence-electron chi connectivity index (χ1n) is 12.5. The minimum Gasteiger partial charge on any atom is -0.459 e. The van der Waals surface area contributed by atoms with Crippen LogP contribution in [0.4, 0.5) is 11.6 Å². The number of aromatic nitrogens is 5. The van der Waals surface area contributed by atoms with Crippen molar-refractivity contribution in [2.45, 2.75) is 46.1 Å². The molecule has 1 amide bonds. The van der Waals surface area contributed by atoms with Crippen LogP contribution in [0.1, 0.15) is 43.5 Å². The van der Waals surface area contributed by atoms with Gasteiger partial charge in [0.25, 0.3) is 0 Å². The molecule has 1 atom stereocenters. The maximum Gasteiger partial charge on any atom is 0.336 e. The summed E-state index contributed by atoms with van der Waals surface area (Å²) in [6.07, 6.45) is 6.20. The molecule has 4 heterocycles. The van der Waals surface area contributed by atoms with Crippen LogP contribution in [0.5, 0.6) is 6.01 Å². The second-order valence-corrected chi connectivity index (χ2v) is 9.75. The topological polar surface area (TPSA) is 118 Å². The van der Waals surface area contributed by atoms with Crippen LogP contribution in [-0.2, 0) is 11.2 Å². The van der Waals surface area contributed by atoms with Crippen LogP contribution in [-0.4, -0.2) is 93.2 Å². The maximum absolute atomic E-state index is 12.3. The number of hydrogen-bond acceptors (Lipinski definition) is 9. The lowest BCUT2D eigenvalue weighted by Crippen LogP contribution is -2.51. The number of ether oxygens (including phenoxy) is 1. The Labute approximate surface area is 212 Å². The molecule has 0 radical (unpaired) electrons. The lowest BCUT2D eigenvalue weighted by molar-refractivity contribution is -0.132. The van der Waals surface area contributed by atoms with E-state index in [4.69, 9.17) is 15.5 Å². The Morgan fingerprint density at radius 1 is 1.19 bits per heavy atom. The molecule has 194 valence electrons. The molecule has 4 rings (SSSR count). The highest BCUT2D eigenvalue weighted by atomic mass is 16.5. The summed E-state index contributed by atoms with van der Waals surface area (Å²) < 4.78 is 7.58. The fourth-order valence-electron chi connectivity index (χ4n) is 4.54. The highest BCUT2D eigenvalue weighted by Crippen LogP contribution is 2.22. The van der Waals surface area contributed by atoms with Crippen molar-refractivity contribution in [3.05, 3.63) is 35.3 Å². The molecular formula is C25H37N9O2. The van der Waals surface area contributed by atoms with Gasteiger partial charge in [-0.15, -0.1) is 5.10 Å². The number of fused-ring (bicyclic) bond motifs is 1. The molecule has 11 heteroatoms. The molecule has 1 aliphatic rings. The number of carbonyl (C=O) groups is 1. The number of likely N-dealkylation sites (N-methyl/N-ethyl adjacent to an activating group) is 1. The van der Waals surface area contributed by atoms with Crippen LogP contribution in [0, 0.1) is 6.92 Å². The lowest BCUT2D eigenvalue weighted by Gasteiger charge is -2.36. The average Bonchev–Trinajstić information content (AvgIpc) is 3.22. The number of nitrogens with zero attached hydrogens (tertiary/aromatic N) is 8. The average molecular weight is 496 g/mol. The van der Waals surface area contributed by atoms with E-state index in [1.807, 2.05) is 37.0 Å². The van der Waals surface area contributed by atoms with E-state index in [1.165, 1.54) is 0 Å². The normalized spacial score (nSPS) is 15.1. The summed E-state index contributed by atoms with van der Waals surface area (Å²) in [5, 5.41) is 4.54. The minimum absolute atomic E-state index is 0.00573. The van der Waals surface area contributed by atoms with Gasteiger partial charge in [-0.1, -0.05) is 19.4 Å². The third kappa shape index (κ3) is 5.84. The number of piperazine rings is 1. The molecule has 11 nitrogen and oxygen atoms in total. The second-order valence-electron chi connectivity index (χ2n) is 9.75. The Morgan fingerprint density at radius 3 is 2.61 bits per heavy atom. The van der Waals surface area contributed by atoms with Gasteiger partial charge in [0.1, 0.15) is 5.82 Å². The van der Waals surface area contributed by atoms with Crippen LogP contribution in [0.3, 0.4) is 0 Å². The molecule has 2 N–H and O–H groups in total. The van der Waals surface area contributed by atoms with Crippen LogP contribution in [0.2, 0.25) is 0 Å². The Hall–Kier alpha value is -3.47. The summed E-state index contributed by atoms with van der Waals surface area (Å²) in [6, 6.07) is 2.41. The van der Waals surface area contributed by atoms with Crippen molar-refractivity contribution in [1.82, 2.24) is 34.4 Å². The van der Waals surface area contributed by atoms with Crippen LogP contribution in [0.15, 0.2) is 18.5 Å². The van der Waals surface area contributed by atoms with E-state index in [0.29, 0.717) is 37.5 Å². The summed E-state index contributed by atoms with van der Waals surface area (Å²) >= 11 is 0. The summed E-state index contributed by atoms with van der Waals surface area (Å²) in [4.78, 5) is 31.9. The highest BCUT2D eigenvalue weighted by Gasteiger charge is 2.23. The number of nitrogen functional groups attached to an aromatic ring is 1. The molecular weight excluding hydrogens is 458 g/mol. The quantitative estimate of drug-likeness (QED) is 0.474. The van der Waals surface area contributed by atoms with E-state index in [-0.39, 0.29) is 18.0 Å². The largest absolute Gasteiger partial charge is 0.459 e. The van der Waals surface area contributed by atoms with Crippen molar-refractivity contribution in [3.8, 4) is 6.01 Å². The Morgan fingerprint density at radius 2 is 1.94 bits per heavy atom. The van der Waals surface area contributed by atoms with Gasteiger partial charge in [-0.3, -0.25) is 4.79 Å². The molecule has 1 saturated heterocycles. The van der Waals surface area contributed by atoms with Crippen molar-refractivity contribution in [2.75, 3.05) is 57.5 Å². The van der Waals surface area contributed by atoms with Gasteiger partial charge in [-0.25, -0.2) is 14.5 Å². The molecule has 0 aromatic carbocycles. The summed E-state index contributed by atoms with van der Waals surface area (Å²) in [6.45, 7) is 9.59. The molecule has 0 aliphatic carbocycles. The Balaban J connectivity index is 1.46. The molecule has 1 unspecified atom stereocenters. The first-order chi connectivity index (χ1) is 17.2. The summed E-state index contributed by atoms with van der Waals surface area (Å²) in [5.74, 6) is 1.43. The number of pyridine rings is 1. The zero-order chi connectivity index (χ0) is 25.8. The first kappa shape index (κ1) is 25.6. The van der Waals surface area contributed by atoms with Gasteiger partial charge < -0.3 is 25.2 Å². The monoisotopic (exact) mass is 495 g/mol. The van der Waals surface area contributed by atoms with Crippen molar-refractivity contribution < 1.29 is 9.53 Å². The molecule has 0 saturated carbocycles. The van der Waals surface area contributed by atoms with Gasteiger partial charge in [-0.05, 0) is 45.5 Å². The van der Waals surface area contributed by atoms with E-state index in [0.717, 1.165) is 48.6 Å². The number of hydrogen-bond donors (Lipinski definition) is 1. The molecule has 1 aliphatic heterocycles. The number of imidazole rings is 1. The van der Waals surface area contributed by atoms with Crippen LogP contribution in [0.25, 0.3) is 5.65 Å². The van der Waals surface area contributed by atoms with E-state index in [2.05, 4.69) is 39.9 Å². The van der Waals surface area contributed by atoms with E-state index >= 15 is 0 Å². The lowest BCUT2D eigenvalue weighted by atomic mass is 10.1. The predicted octanol–water partition coefficient (Wildman–Crippen LogP) is 1.78. The highest BCUT2D eigenvalue weighted by molar-refractivity contribution is 5.78. The van der Waals surface area contributed by atoms with Crippen molar-refractivity contribution in [3.63, 3.8) is 0 Å². The van der Waals surface area contributed by atoms with Gasteiger partial charge >= 0.3 is 6.01 Å². The number of carbonyl (C=O) groups excluding carboxylic acids is 1. The third-order valence-electron chi connectivity index (χ3n) is 6.32. The Kier molecular flexibility index (Phi) is 7.88. The fraction of sp³-hybridized carbons (Fsp3) is 0.560. The standard InChI is InChI=1S/C25H37N9O2/c1-6-7-18(3)36-25-29-22(26)24-28-15-20(34(24)30-25)13-19-12-17(2)23(27-14-19)33-10-8-32(9-11-33)21(35)16-31(4)5/h12,14-15,18H,6-11,13,16H2,1-5H3,(H2,26,29,30). The number of nitrogens with two attached hydrogens (primary N) is 1. The molecule has 3 aromatic rings. The van der Waals surface area contributed by atoms with E-state index < -0.39 is 0 Å². The SMILES string of the molecule is CCCC(C)Oc1nc(N)c2ncc(Cc3cnc(N4CCN(C(=O)CN(C)C)CC4)c(C)c3)n2n1. The van der Waals surface area contributed by atoms with E-state index in [9.17, 15) is 4.79 Å². The maximum atomic E-state index is 12.3. The van der Waals surface area contributed by atoms with Crippen molar-refractivity contribution >= 4 is 23.2 Å². The zero-order valence-corrected chi connectivity index (χ0v) is 21.9. The molecule has 1 fully saturated rings. The smallest absolute Gasteiger partial charge is 0.336 e. The molecule has 0 spiro atoms. The van der Waals surface area contributed by atoms with Gasteiger partial charge in [0.2, 0.25) is 5.91 Å². The number of anilines is 2. The second kappa shape index (κ2) is 11.1. The Bertz CT molecular complexity index is 1200. The summed E-state index contributed by atoms with van der Waals surface area (Å²) in [5.41, 5.74) is 9.68. The molecule has 36 heavy (non-hydrogen) atoms. The first-order valence-corrected chi connectivity index (χ1v) is 12.5. The van der Waals surface area contributed by atoms with Gasteiger partial charge in [0, 0.05) is 38.8 Å². The number of amides is 1. The minimum atomic E-state index is 0.00573. The molecule has 0 bridgehead atoms. The summed E-state index contributed by atoms with van der Waals surface area (Å²) in [7, 11) is 3.83. The van der Waals surface area contributed by atoms with Gasteiger partial charge in [0.05, 0.1) is 24.5 Å². The third-order valence-corrected chi connectivity index (χ3v) is 6.32. The molecule has 3 aromatic heterocycles.